The zero-order chi connectivity index (χ0) is 21.1. The van der Waals surface area contributed by atoms with Gasteiger partial charge in [0.1, 0.15) is 5.75 Å². The van der Waals surface area contributed by atoms with Gasteiger partial charge in [0.25, 0.3) is 5.91 Å². The van der Waals surface area contributed by atoms with E-state index in [2.05, 4.69) is 4.90 Å². The third-order valence-electron chi connectivity index (χ3n) is 4.91. The molecule has 0 bridgehead atoms. The molecule has 4 rings (SSSR count). The van der Waals surface area contributed by atoms with Crippen LogP contribution in [0.2, 0.25) is 10.0 Å². The van der Waals surface area contributed by atoms with Crippen molar-refractivity contribution in [2.24, 2.45) is 0 Å². The second-order valence-corrected chi connectivity index (χ2v) is 8.78. The van der Waals surface area contributed by atoms with Crippen molar-refractivity contribution in [2.75, 3.05) is 51.4 Å². The van der Waals surface area contributed by atoms with Crippen molar-refractivity contribution in [3.63, 3.8) is 0 Å². The Morgan fingerprint density at radius 2 is 1.90 bits per heavy atom. The van der Waals surface area contributed by atoms with E-state index in [1.54, 1.807) is 30.2 Å². The van der Waals surface area contributed by atoms with Crippen molar-refractivity contribution in [1.82, 2.24) is 9.88 Å². The summed E-state index contributed by atoms with van der Waals surface area (Å²) >= 11 is 13.7. The van der Waals surface area contributed by atoms with Gasteiger partial charge in [-0.05, 0) is 30.3 Å². The predicted molar refractivity (Wildman–Crippen MR) is 129 cm³/mol. The van der Waals surface area contributed by atoms with Crippen LogP contribution in [0.5, 0.6) is 5.75 Å². The summed E-state index contributed by atoms with van der Waals surface area (Å²) in [5.74, 6) is 0.547. The van der Waals surface area contributed by atoms with Gasteiger partial charge in [-0.1, -0.05) is 34.5 Å². The standard InChI is InChI=1S/C21H21Cl2N3O3S.ClH/c1-28-17-2-3-19-18(13-17)24-21(30-19)26(5-4-25-6-8-29-9-7-25)20(27)14-10-15(22)12-16(23)11-14;/h2-3,10-13H,4-9H2,1H3;1H. The van der Waals surface area contributed by atoms with Crippen LogP contribution in [0.15, 0.2) is 36.4 Å². The fraction of sp³-hybridized carbons (Fsp3) is 0.333. The molecule has 0 radical (unpaired) electrons. The van der Waals surface area contributed by atoms with E-state index in [0.29, 0.717) is 40.5 Å². The zero-order valence-corrected chi connectivity index (χ0v) is 20.0. The normalized spacial score (nSPS) is 14.3. The number of methoxy groups -OCH3 is 1. The second kappa shape index (κ2) is 10.8. The number of fused-ring (bicyclic) bond motifs is 1. The second-order valence-electron chi connectivity index (χ2n) is 6.90. The third kappa shape index (κ3) is 5.80. The van der Waals surface area contributed by atoms with Crippen molar-refractivity contribution >= 4 is 68.2 Å². The van der Waals surface area contributed by atoms with Gasteiger partial charge in [-0.3, -0.25) is 14.6 Å². The van der Waals surface area contributed by atoms with Gasteiger partial charge in [0.05, 0.1) is 30.5 Å². The van der Waals surface area contributed by atoms with Crippen molar-refractivity contribution in [2.45, 2.75) is 0 Å². The number of aromatic nitrogens is 1. The molecule has 1 aromatic heterocycles. The summed E-state index contributed by atoms with van der Waals surface area (Å²) in [6, 6.07) is 10.6. The highest BCUT2D eigenvalue weighted by Crippen LogP contribution is 2.32. The Kier molecular flexibility index (Phi) is 8.38. The number of carbonyl (C=O) groups is 1. The van der Waals surface area contributed by atoms with Gasteiger partial charge in [0.15, 0.2) is 5.13 Å². The minimum atomic E-state index is -0.182. The Bertz CT molecular complexity index is 1040. The van der Waals surface area contributed by atoms with Gasteiger partial charge in [-0.25, -0.2) is 4.98 Å². The molecular weight excluding hydrogens is 481 g/mol. The van der Waals surface area contributed by atoms with Gasteiger partial charge in [-0.15, -0.1) is 12.4 Å². The van der Waals surface area contributed by atoms with E-state index in [1.807, 2.05) is 18.2 Å². The molecule has 0 unspecified atom stereocenters. The number of amides is 1. The van der Waals surface area contributed by atoms with Crippen LogP contribution in [0.4, 0.5) is 5.13 Å². The first-order chi connectivity index (χ1) is 14.5. The number of ether oxygens (including phenoxy) is 2. The number of thiazole rings is 1. The summed E-state index contributed by atoms with van der Waals surface area (Å²) in [7, 11) is 1.62. The van der Waals surface area contributed by atoms with E-state index in [9.17, 15) is 4.79 Å². The van der Waals surface area contributed by atoms with E-state index in [0.717, 1.165) is 35.6 Å². The minimum absolute atomic E-state index is 0. The Morgan fingerprint density at radius 3 is 2.58 bits per heavy atom. The van der Waals surface area contributed by atoms with Crippen LogP contribution < -0.4 is 9.64 Å². The maximum absolute atomic E-state index is 13.4. The van der Waals surface area contributed by atoms with Gasteiger partial charge in [0.2, 0.25) is 0 Å². The maximum atomic E-state index is 13.4. The molecule has 2 aromatic carbocycles. The lowest BCUT2D eigenvalue weighted by molar-refractivity contribution is 0.0391. The number of carbonyl (C=O) groups excluding carboxylic acids is 1. The molecule has 1 saturated heterocycles. The van der Waals surface area contributed by atoms with Crippen molar-refractivity contribution in [1.29, 1.82) is 0 Å². The van der Waals surface area contributed by atoms with E-state index >= 15 is 0 Å². The third-order valence-corrected chi connectivity index (χ3v) is 6.41. The molecule has 1 aliphatic heterocycles. The lowest BCUT2D eigenvalue weighted by Crippen LogP contribution is -2.43. The van der Waals surface area contributed by atoms with Crippen LogP contribution in [0, 0.1) is 0 Å². The predicted octanol–water partition coefficient (Wildman–Crippen LogP) is 5.01. The lowest BCUT2D eigenvalue weighted by Gasteiger charge is -2.29. The fourth-order valence-corrected chi connectivity index (χ4v) is 4.82. The lowest BCUT2D eigenvalue weighted by atomic mass is 10.2. The molecule has 0 aliphatic carbocycles. The zero-order valence-electron chi connectivity index (χ0n) is 16.8. The molecule has 10 heteroatoms. The van der Waals surface area contributed by atoms with Crippen LogP contribution >= 0.6 is 46.9 Å². The molecule has 2 heterocycles. The Balaban J connectivity index is 0.00000272. The molecule has 1 amide bonds. The highest BCUT2D eigenvalue weighted by atomic mass is 35.5. The Labute approximate surface area is 201 Å². The molecule has 0 N–H and O–H groups in total. The van der Waals surface area contributed by atoms with Crippen molar-refractivity contribution < 1.29 is 14.3 Å². The summed E-state index contributed by atoms with van der Waals surface area (Å²) in [6.07, 6.45) is 0. The van der Waals surface area contributed by atoms with E-state index < -0.39 is 0 Å². The molecule has 0 atom stereocenters. The maximum Gasteiger partial charge on any atom is 0.260 e. The molecular formula is C21H22Cl3N3O3S. The number of benzene rings is 2. The van der Waals surface area contributed by atoms with Crippen LogP contribution in [0.25, 0.3) is 10.2 Å². The smallest absolute Gasteiger partial charge is 0.260 e. The minimum Gasteiger partial charge on any atom is -0.497 e. The average Bonchev–Trinajstić information content (AvgIpc) is 3.16. The van der Waals surface area contributed by atoms with Crippen molar-refractivity contribution in [3.05, 3.63) is 52.0 Å². The van der Waals surface area contributed by atoms with E-state index in [1.165, 1.54) is 11.3 Å². The van der Waals surface area contributed by atoms with Crippen LogP contribution in [0.3, 0.4) is 0 Å². The molecule has 31 heavy (non-hydrogen) atoms. The largest absolute Gasteiger partial charge is 0.497 e. The molecule has 6 nitrogen and oxygen atoms in total. The molecule has 0 saturated carbocycles. The first kappa shape index (κ1) is 24.0. The van der Waals surface area contributed by atoms with Gasteiger partial charge in [-0.2, -0.15) is 0 Å². The number of hydrogen-bond donors (Lipinski definition) is 0. The van der Waals surface area contributed by atoms with Gasteiger partial charge in [0, 0.05) is 47.9 Å². The number of morpholine rings is 1. The van der Waals surface area contributed by atoms with Gasteiger partial charge >= 0.3 is 0 Å². The number of nitrogens with zero attached hydrogens (tertiary/aromatic N) is 3. The van der Waals surface area contributed by atoms with Gasteiger partial charge < -0.3 is 9.47 Å². The summed E-state index contributed by atoms with van der Waals surface area (Å²) in [6.45, 7) is 4.34. The highest BCUT2D eigenvalue weighted by Gasteiger charge is 2.23. The SMILES string of the molecule is COc1ccc2sc(N(CCN3CCOCC3)C(=O)c3cc(Cl)cc(Cl)c3)nc2c1.Cl. The molecule has 166 valence electrons. The number of rotatable bonds is 6. The van der Waals surface area contributed by atoms with Crippen LogP contribution in [-0.4, -0.2) is 62.3 Å². The first-order valence-electron chi connectivity index (χ1n) is 9.56. The summed E-state index contributed by atoms with van der Waals surface area (Å²) in [5.41, 5.74) is 1.23. The van der Waals surface area contributed by atoms with E-state index in [-0.39, 0.29) is 18.3 Å². The fourth-order valence-electron chi connectivity index (χ4n) is 3.32. The monoisotopic (exact) mass is 501 g/mol. The van der Waals surface area contributed by atoms with Crippen LogP contribution in [0.1, 0.15) is 10.4 Å². The van der Waals surface area contributed by atoms with E-state index in [4.69, 9.17) is 37.7 Å². The first-order valence-corrected chi connectivity index (χ1v) is 11.1. The number of halogens is 3. The molecule has 0 spiro atoms. The Morgan fingerprint density at radius 1 is 1.19 bits per heavy atom. The summed E-state index contributed by atoms with van der Waals surface area (Å²) in [4.78, 5) is 22.1. The quantitative estimate of drug-likeness (QED) is 0.474. The topological polar surface area (TPSA) is 54.9 Å². The van der Waals surface area contributed by atoms with Crippen molar-refractivity contribution in [3.8, 4) is 5.75 Å². The molecule has 1 fully saturated rings. The molecule has 1 aliphatic rings. The average molecular weight is 503 g/mol. The Hall–Kier alpha value is -1.61. The van der Waals surface area contributed by atoms with Crippen LogP contribution in [-0.2, 0) is 4.74 Å². The summed E-state index contributed by atoms with van der Waals surface area (Å²) in [5, 5.41) is 1.48. The molecule has 3 aromatic rings. The number of anilines is 1. The summed E-state index contributed by atoms with van der Waals surface area (Å²) < 4.78 is 11.7. The highest BCUT2D eigenvalue weighted by molar-refractivity contribution is 7.22. The number of hydrogen-bond acceptors (Lipinski definition) is 6.